The highest BCUT2D eigenvalue weighted by atomic mass is 35.5. The molecule has 0 fully saturated rings. The first kappa shape index (κ1) is 10.9. The molecular weight excluding hydrogens is 222 g/mol. The van der Waals surface area contributed by atoms with E-state index in [1.165, 1.54) is 5.56 Å². The van der Waals surface area contributed by atoms with Crippen molar-refractivity contribution in [1.82, 2.24) is 9.97 Å². The topological polar surface area (TPSA) is 51.8 Å². The molecule has 1 aromatic heterocycles. The first-order valence-electron chi connectivity index (χ1n) is 5.08. The van der Waals surface area contributed by atoms with Crippen LogP contribution >= 0.6 is 11.6 Å². The molecule has 1 heterocycles. The second kappa shape index (κ2) is 4.49. The maximum absolute atomic E-state index is 5.83. The Balaban J connectivity index is 2.42. The number of aromatic nitrogens is 2. The van der Waals surface area contributed by atoms with Crippen LogP contribution in [0.25, 0.3) is 11.3 Å². The van der Waals surface area contributed by atoms with Crippen molar-refractivity contribution in [2.24, 2.45) is 0 Å². The van der Waals surface area contributed by atoms with Gasteiger partial charge in [-0.3, -0.25) is 0 Å². The zero-order valence-corrected chi connectivity index (χ0v) is 9.70. The van der Waals surface area contributed by atoms with Crippen molar-refractivity contribution in [2.45, 2.75) is 13.3 Å². The van der Waals surface area contributed by atoms with E-state index in [-0.39, 0.29) is 5.95 Å². The number of anilines is 1. The van der Waals surface area contributed by atoms with Gasteiger partial charge in [-0.15, -0.1) is 0 Å². The minimum atomic E-state index is 0.196. The summed E-state index contributed by atoms with van der Waals surface area (Å²) in [6.07, 6.45) is 1.02. The number of nitrogen functional groups attached to an aromatic ring is 1. The number of rotatable bonds is 2. The van der Waals surface area contributed by atoms with Gasteiger partial charge in [0.2, 0.25) is 5.95 Å². The van der Waals surface area contributed by atoms with Gasteiger partial charge in [0.1, 0.15) is 5.15 Å². The summed E-state index contributed by atoms with van der Waals surface area (Å²) in [6.45, 7) is 2.12. The molecule has 2 N–H and O–H groups in total. The molecule has 3 nitrogen and oxygen atoms in total. The number of benzene rings is 1. The molecule has 0 unspecified atom stereocenters. The summed E-state index contributed by atoms with van der Waals surface area (Å²) in [5.41, 5.74) is 8.58. The lowest BCUT2D eigenvalue weighted by atomic mass is 10.1. The van der Waals surface area contributed by atoms with Crippen molar-refractivity contribution in [3.05, 3.63) is 41.0 Å². The number of nitrogens with zero attached hydrogens (tertiary/aromatic N) is 2. The Labute approximate surface area is 99.3 Å². The SMILES string of the molecule is CCc1ccc(-c2cc(Cl)nc(N)n2)cc1. The summed E-state index contributed by atoms with van der Waals surface area (Å²) in [4.78, 5) is 7.97. The Hall–Kier alpha value is -1.61. The minimum Gasteiger partial charge on any atom is -0.368 e. The summed E-state index contributed by atoms with van der Waals surface area (Å²) in [7, 11) is 0. The van der Waals surface area contributed by atoms with Crippen molar-refractivity contribution >= 4 is 17.5 Å². The second-order valence-electron chi connectivity index (χ2n) is 3.48. The minimum absolute atomic E-state index is 0.196. The van der Waals surface area contributed by atoms with Crippen LogP contribution in [0.1, 0.15) is 12.5 Å². The van der Waals surface area contributed by atoms with Crippen LogP contribution in [0.3, 0.4) is 0 Å². The Bertz CT molecular complexity index is 474. The molecule has 0 atom stereocenters. The zero-order valence-electron chi connectivity index (χ0n) is 8.94. The smallest absolute Gasteiger partial charge is 0.221 e. The summed E-state index contributed by atoms with van der Waals surface area (Å²) >= 11 is 5.83. The molecule has 0 aliphatic rings. The van der Waals surface area contributed by atoms with E-state index in [2.05, 4.69) is 29.0 Å². The second-order valence-corrected chi connectivity index (χ2v) is 3.87. The number of hydrogen-bond acceptors (Lipinski definition) is 3. The van der Waals surface area contributed by atoms with Gasteiger partial charge in [0.25, 0.3) is 0 Å². The Kier molecular flexibility index (Phi) is 3.06. The molecular formula is C12H12ClN3. The van der Waals surface area contributed by atoms with Gasteiger partial charge in [-0.2, -0.15) is 0 Å². The standard InChI is InChI=1S/C12H12ClN3/c1-2-8-3-5-9(6-4-8)10-7-11(13)16-12(14)15-10/h3-7H,2H2,1H3,(H2,14,15,16). The Morgan fingerprint density at radius 1 is 1.19 bits per heavy atom. The molecule has 2 aromatic rings. The van der Waals surface area contributed by atoms with Gasteiger partial charge in [-0.1, -0.05) is 42.8 Å². The van der Waals surface area contributed by atoms with E-state index in [1.54, 1.807) is 6.07 Å². The van der Waals surface area contributed by atoms with Gasteiger partial charge in [0.05, 0.1) is 5.69 Å². The monoisotopic (exact) mass is 233 g/mol. The van der Waals surface area contributed by atoms with Gasteiger partial charge in [-0.25, -0.2) is 9.97 Å². The summed E-state index contributed by atoms with van der Waals surface area (Å²) in [5.74, 6) is 0.196. The third kappa shape index (κ3) is 2.31. The molecule has 0 aliphatic heterocycles. The van der Waals surface area contributed by atoms with Gasteiger partial charge in [0.15, 0.2) is 0 Å². The summed E-state index contributed by atoms with van der Waals surface area (Å²) < 4.78 is 0. The van der Waals surface area contributed by atoms with Crippen LogP contribution in [-0.4, -0.2) is 9.97 Å². The van der Waals surface area contributed by atoms with Crippen LogP contribution in [0.15, 0.2) is 30.3 Å². The lowest BCUT2D eigenvalue weighted by molar-refractivity contribution is 1.14. The van der Waals surface area contributed by atoms with Crippen LogP contribution in [0.4, 0.5) is 5.95 Å². The van der Waals surface area contributed by atoms with E-state index in [0.29, 0.717) is 5.15 Å². The van der Waals surface area contributed by atoms with E-state index in [0.717, 1.165) is 17.7 Å². The number of hydrogen-bond donors (Lipinski definition) is 1. The molecule has 0 bridgehead atoms. The molecule has 0 radical (unpaired) electrons. The fraction of sp³-hybridized carbons (Fsp3) is 0.167. The van der Waals surface area contributed by atoms with Crippen LogP contribution in [-0.2, 0) is 6.42 Å². The maximum atomic E-state index is 5.83. The fourth-order valence-electron chi connectivity index (χ4n) is 1.49. The van der Waals surface area contributed by atoms with E-state index < -0.39 is 0 Å². The largest absolute Gasteiger partial charge is 0.368 e. The predicted molar refractivity (Wildman–Crippen MR) is 66.3 cm³/mol. The van der Waals surface area contributed by atoms with E-state index >= 15 is 0 Å². The van der Waals surface area contributed by atoms with Crippen molar-refractivity contribution < 1.29 is 0 Å². The van der Waals surface area contributed by atoms with Crippen molar-refractivity contribution in [2.75, 3.05) is 5.73 Å². The molecule has 0 aliphatic carbocycles. The van der Waals surface area contributed by atoms with Gasteiger partial charge in [0, 0.05) is 11.6 Å². The highest BCUT2D eigenvalue weighted by Gasteiger charge is 2.03. The molecule has 82 valence electrons. The van der Waals surface area contributed by atoms with E-state index in [9.17, 15) is 0 Å². The molecule has 0 saturated carbocycles. The Morgan fingerprint density at radius 2 is 1.88 bits per heavy atom. The van der Waals surface area contributed by atoms with Crippen molar-refractivity contribution in [3.63, 3.8) is 0 Å². The molecule has 0 amide bonds. The van der Waals surface area contributed by atoms with Crippen molar-refractivity contribution in [3.8, 4) is 11.3 Å². The lowest BCUT2D eigenvalue weighted by Gasteiger charge is -2.03. The van der Waals surface area contributed by atoms with Gasteiger partial charge in [-0.05, 0) is 12.0 Å². The summed E-state index contributed by atoms with van der Waals surface area (Å²) in [6, 6.07) is 9.87. The fourth-order valence-corrected chi connectivity index (χ4v) is 1.68. The zero-order chi connectivity index (χ0) is 11.5. The average molecular weight is 234 g/mol. The highest BCUT2D eigenvalue weighted by Crippen LogP contribution is 2.21. The molecule has 16 heavy (non-hydrogen) atoms. The van der Waals surface area contributed by atoms with Crippen LogP contribution < -0.4 is 5.73 Å². The number of halogens is 1. The molecule has 0 spiro atoms. The molecule has 0 saturated heterocycles. The van der Waals surface area contributed by atoms with E-state index in [1.807, 2.05) is 12.1 Å². The Morgan fingerprint density at radius 3 is 2.44 bits per heavy atom. The number of nitrogens with two attached hydrogens (primary N) is 1. The quantitative estimate of drug-likeness (QED) is 0.812. The molecule has 4 heteroatoms. The van der Waals surface area contributed by atoms with Gasteiger partial charge >= 0.3 is 0 Å². The predicted octanol–water partition coefficient (Wildman–Crippen LogP) is 2.94. The van der Waals surface area contributed by atoms with Crippen LogP contribution in [0.5, 0.6) is 0 Å². The third-order valence-electron chi connectivity index (χ3n) is 2.37. The lowest BCUT2D eigenvalue weighted by Crippen LogP contribution is -1.96. The van der Waals surface area contributed by atoms with Gasteiger partial charge < -0.3 is 5.73 Å². The maximum Gasteiger partial charge on any atom is 0.221 e. The van der Waals surface area contributed by atoms with E-state index in [4.69, 9.17) is 17.3 Å². The van der Waals surface area contributed by atoms with Crippen molar-refractivity contribution in [1.29, 1.82) is 0 Å². The summed E-state index contributed by atoms with van der Waals surface area (Å²) in [5, 5.41) is 0.363. The van der Waals surface area contributed by atoms with Crippen LogP contribution in [0, 0.1) is 0 Å². The molecule has 2 rings (SSSR count). The normalized spacial score (nSPS) is 10.4. The number of aryl methyl sites for hydroxylation is 1. The first-order valence-corrected chi connectivity index (χ1v) is 5.46. The highest BCUT2D eigenvalue weighted by molar-refractivity contribution is 6.29. The third-order valence-corrected chi connectivity index (χ3v) is 2.56. The average Bonchev–Trinajstić information content (AvgIpc) is 2.28. The first-order chi connectivity index (χ1) is 7.69. The van der Waals surface area contributed by atoms with Crippen LogP contribution in [0.2, 0.25) is 5.15 Å². The molecule has 1 aromatic carbocycles.